The molecule has 0 unspecified atom stereocenters. The van der Waals surface area contributed by atoms with Crippen molar-refractivity contribution in [2.24, 2.45) is 0 Å². The summed E-state index contributed by atoms with van der Waals surface area (Å²) in [5, 5.41) is 2.37. The smallest absolute Gasteiger partial charge is 0.0780 e. The molecule has 2 rings (SSSR count). The predicted molar refractivity (Wildman–Crippen MR) is 49.6 cm³/mol. The predicted octanol–water partition coefficient (Wildman–Crippen LogP) is -0.0938. The summed E-state index contributed by atoms with van der Waals surface area (Å²) in [6.07, 6.45) is 6.18. The van der Waals surface area contributed by atoms with Gasteiger partial charge in [0.1, 0.15) is 0 Å². The van der Waals surface area contributed by atoms with Gasteiger partial charge in [0, 0.05) is 20.0 Å². The SMILES string of the molecule is COC1CC(OC2CC[NH2+]CC2)C1. The molecule has 3 heteroatoms. The van der Waals surface area contributed by atoms with E-state index in [0.29, 0.717) is 18.3 Å². The number of rotatable bonds is 3. The van der Waals surface area contributed by atoms with Crippen LogP contribution in [0.25, 0.3) is 0 Å². The second kappa shape index (κ2) is 4.40. The number of nitrogens with two attached hydrogens (primary N) is 1. The summed E-state index contributed by atoms with van der Waals surface area (Å²) in [5.74, 6) is 0. The van der Waals surface area contributed by atoms with Crippen LogP contribution in [0.5, 0.6) is 0 Å². The Hall–Kier alpha value is -0.120. The molecule has 0 atom stereocenters. The van der Waals surface area contributed by atoms with Crippen molar-refractivity contribution in [1.82, 2.24) is 0 Å². The van der Waals surface area contributed by atoms with Crippen molar-refractivity contribution in [2.45, 2.75) is 44.0 Å². The molecule has 0 aromatic rings. The molecule has 2 fully saturated rings. The van der Waals surface area contributed by atoms with Crippen LogP contribution in [0.1, 0.15) is 25.7 Å². The quantitative estimate of drug-likeness (QED) is 0.668. The third-order valence-corrected chi connectivity index (χ3v) is 3.16. The molecular weight excluding hydrogens is 166 g/mol. The summed E-state index contributed by atoms with van der Waals surface area (Å²) >= 11 is 0. The molecule has 1 saturated carbocycles. The second-order valence-corrected chi connectivity index (χ2v) is 4.15. The normalized spacial score (nSPS) is 35.8. The minimum absolute atomic E-state index is 0.472. The Labute approximate surface area is 79.8 Å². The molecule has 1 saturated heterocycles. The minimum atomic E-state index is 0.472. The van der Waals surface area contributed by atoms with Crippen LogP contribution < -0.4 is 5.32 Å². The third kappa shape index (κ3) is 2.42. The van der Waals surface area contributed by atoms with E-state index < -0.39 is 0 Å². The van der Waals surface area contributed by atoms with Gasteiger partial charge in [-0.25, -0.2) is 0 Å². The maximum atomic E-state index is 5.96. The number of piperidine rings is 1. The largest absolute Gasteiger partial charge is 0.381 e. The third-order valence-electron chi connectivity index (χ3n) is 3.16. The van der Waals surface area contributed by atoms with Gasteiger partial charge in [-0.1, -0.05) is 0 Å². The van der Waals surface area contributed by atoms with E-state index in [1.165, 1.54) is 25.9 Å². The van der Waals surface area contributed by atoms with E-state index in [4.69, 9.17) is 9.47 Å². The van der Waals surface area contributed by atoms with E-state index in [2.05, 4.69) is 5.32 Å². The van der Waals surface area contributed by atoms with Gasteiger partial charge < -0.3 is 14.8 Å². The fourth-order valence-electron chi connectivity index (χ4n) is 2.13. The molecule has 2 aliphatic rings. The number of quaternary nitrogens is 1. The standard InChI is InChI=1S/C10H19NO2/c1-12-9-6-10(7-9)13-8-2-4-11-5-3-8/h8-11H,2-7H2,1H3/p+1. The van der Waals surface area contributed by atoms with E-state index in [0.717, 1.165) is 12.8 Å². The fraction of sp³-hybridized carbons (Fsp3) is 1.00. The van der Waals surface area contributed by atoms with Crippen molar-refractivity contribution in [3.63, 3.8) is 0 Å². The summed E-state index contributed by atoms with van der Waals surface area (Å²) in [6.45, 7) is 2.48. The Kier molecular flexibility index (Phi) is 3.19. The monoisotopic (exact) mass is 186 g/mol. The molecule has 0 radical (unpaired) electrons. The first-order valence-corrected chi connectivity index (χ1v) is 5.38. The lowest BCUT2D eigenvalue weighted by Gasteiger charge is -2.37. The highest BCUT2D eigenvalue weighted by Crippen LogP contribution is 2.27. The summed E-state index contributed by atoms with van der Waals surface area (Å²) in [6, 6.07) is 0. The Bertz CT molecular complexity index is 151. The average Bonchev–Trinajstić information content (AvgIpc) is 2.12. The maximum absolute atomic E-state index is 5.96. The van der Waals surface area contributed by atoms with Gasteiger partial charge in [-0.05, 0) is 12.8 Å². The highest BCUT2D eigenvalue weighted by Gasteiger charge is 2.32. The highest BCUT2D eigenvalue weighted by molar-refractivity contribution is 4.82. The Morgan fingerprint density at radius 1 is 1.00 bits per heavy atom. The summed E-state index contributed by atoms with van der Waals surface area (Å²) in [5.41, 5.74) is 0. The van der Waals surface area contributed by atoms with Crippen molar-refractivity contribution >= 4 is 0 Å². The number of hydrogen-bond donors (Lipinski definition) is 1. The van der Waals surface area contributed by atoms with Gasteiger partial charge in [0.05, 0.1) is 31.4 Å². The van der Waals surface area contributed by atoms with Crippen LogP contribution in [0.3, 0.4) is 0 Å². The zero-order chi connectivity index (χ0) is 9.10. The van der Waals surface area contributed by atoms with Crippen molar-refractivity contribution in [2.75, 3.05) is 20.2 Å². The van der Waals surface area contributed by atoms with Gasteiger partial charge in [-0.2, -0.15) is 0 Å². The average molecular weight is 186 g/mol. The van der Waals surface area contributed by atoms with E-state index in [1.54, 1.807) is 7.11 Å². The number of methoxy groups -OCH3 is 1. The Balaban J connectivity index is 1.62. The molecule has 0 spiro atoms. The number of ether oxygens (including phenoxy) is 2. The van der Waals surface area contributed by atoms with Crippen LogP contribution in [0.4, 0.5) is 0 Å². The van der Waals surface area contributed by atoms with Crippen LogP contribution in [0.2, 0.25) is 0 Å². The van der Waals surface area contributed by atoms with Crippen LogP contribution in [-0.2, 0) is 9.47 Å². The van der Waals surface area contributed by atoms with Crippen molar-refractivity contribution in [3.8, 4) is 0 Å². The van der Waals surface area contributed by atoms with Crippen LogP contribution in [-0.4, -0.2) is 38.5 Å². The van der Waals surface area contributed by atoms with Gasteiger partial charge in [-0.3, -0.25) is 0 Å². The first kappa shape index (κ1) is 9.44. The molecule has 76 valence electrons. The highest BCUT2D eigenvalue weighted by atomic mass is 16.5. The van der Waals surface area contributed by atoms with Gasteiger partial charge in [-0.15, -0.1) is 0 Å². The molecule has 0 aromatic carbocycles. The molecule has 3 nitrogen and oxygen atoms in total. The molecule has 1 aliphatic carbocycles. The second-order valence-electron chi connectivity index (χ2n) is 4.15. The molecule has 0 amide bonds. The fourth-order valence-corrected chi connectivity index (χ4v) is 2.13. The molecular formula is C10H20NO2+. The Morgan fingerprint density at radius 2 is 1.69 bits per heavy atom. The summed E-state index contributed by atoms with van der Waals surface area (Å²) in [7, 11) is 1.79. The molecule has 1 aliphatic heterocycles. The van der Waals surface area contributed by atoms with Crippen molar-refractivity contribution < 1.29 is 14.8 Å². The zero-order valence-electron chi connectivity index (χ0n) is 8.37. The topological polar surface area (TPSA) is 35.1 Å². The molecule has 0 bridgehead atoms. The van der Waals surface area contributed by atoms with Crippen LogP contribution in [0.15, 0.2) is 0 Å². The van der Waals surface area contributed by atoms with E-state index in [-0.39, 0.29) is 0 Å². The zero-order valence-corrected chi connectivity index (χ0v) is 8.37. The lowest BCUT2D eigenvalue weighted by molar-refractivity contribution is -0.665. The van der Waals surface area contributed by atoms with Crippen LogP contribution >= 0.6 is 0 Å². The van der Waals surface area contributed by atoms with Gasteiger partial charge in [0.2, 0.25) is 0 Å². The number of hydrogen-bond acceptors (Lipinski definition) is 2. The summed E-state index contributed by atoms with van der Waals surface area (Å²) < 4.78 is 11.2. The molecule has 2 N–H and O–H groups in total. The van der Waals surface area contributed by atoms with Gasteiger partial charge in [0.25, 0.3) is 0 Å². The van der Waals surface area contributed by atoms with Crippen molar-refractivity contribution in [3.05, 3.63) is 0 Å². The molecule has 13 heavy (non-hydrogen) atoms. The maximum Gasteiger partial charge on any atom is 0.0780 e. The van der Waals surface area contributed by atoms with Crippen molar-refractivity contribution in [1.29, 1.82) is 0 Å². The molecule has 0 aromatic heterocycles. The van der Waals surface area contributed by atoms with Gasteiger partial charge >= 0.3 is 0 Å². The summed E-state index contributed by atoms with van der Waals surface area (Å²) in [4.78, 5) is 0. The Morgan fingerprint density at radius 3 is 2.31 bits per heavy atom. The first-order chi connectivity index (χ1) is 6.38. The minimum Gasteiger partial charge on any atom is -0.381 e. The first-order valence-electron chi connectivity index (χ1n) is 5.38. The molecule has 1 heterocycles. The lowest BCUT2D eigenvalue weighted by atomic mass is 9.91. The lowest BCUT2D eigenvalue weighted by Crippen LogP contribution is -2.86. The van der Waals surface area contributed by atoms with Gasteiger partial charge in [0.15, 0.2) is 0 Å². The van der Waals surface area contributed by atoms with E-state index in [9.17, 15) is 0 Å². The van der Waals surface area contributed by atoms with Crippen LogP contribution in [0, 0.1) is 0 Å². The van der Waals surface area contributed by atoms with E-state index in [1.807, 2.05) is 0 Å². The van der Waals surface area contributed by atoms with E-state index >= 15 is 0 Å².